The summed E-state index contributed by atoms with van der Waals surface area (Å²) in [6, 6.07) is 8.27. The fourth-order valence-corrected chi connectivity index (χ4v) is 3.53. The van der Waals surface area contributed by atoms with Crippen molar-refractivity contribution in [2.24, 2.45) is 0 Å². The van der Waals surface area contributed by atoms with Crippen molar-refractivity contribution in [2.75, 3.05) is 13.1 Å². The SMILES string of the molecule is Cc1c(C(=O)N2CCNC(C)C2C)nnn1-c1cccc2cnccc12. The number of aromatic nitrogens is 4. The summed E-state index contributed by atoms with van der Waals surface area (Å²) in [4.78, 5) is 19.1. The van der Waals surface area contributed by atoms with Crippen molar-refractivity contribution in [3.8, 4) is 5.69 Å². The molecule has 1 aromatic carbocycles. The summed E-state index contributed by atoms with van der Waals surface area (Å²) in [7, 11) is 0. The maximum Gasteiger partial charge on any atom is 0.276 e. The third-order valence-electron chi connectivity index (χ3n) is 5.28. The van der Waals surface area contributed by atoms with Crippen molar-refractivity contribution in [1.82, 2.24) is 30.2 Å². The monoisotopic (exact) mass is 350 g/mol. The van der Waals surface area contributed by atoms with E-state index in [0.717, 1.165) is 28.7 Å². The van der Waals surface area contributed by atoms with Crippen LogP contribution in [0.15, 0.2) is 36.7 Å². The van der Waals surface area contributed by atoms with E-state index in [1.165, 1.54) is 0 Å². The Bertz CT molecular complexity index is 960. The first-order valence-electron chi connectivity index (χ1n) is 8.87. The van der Waals surface area contributed by atoms with E-state index in [-0.39, 0.29) is 18.0 Å². The molecule has 134 valence electrons. The Morgan fingerprint density at radius 2 is 2.12 bits per heavy atom. The van der Waals surface area contributed by atoms with Crippen molar-refractivity contribution in [1.29, 1.82) is 0 Å². The number of amides is 1. The summed E-state index contributed by atoms with van der Waals surface area (Å²) < 4.78 is 1.74. The predicted molar refractivity (Wildman–Crippen MR) is 99.4 cm³/mol. The topological polar surface area (TPSA) is 75.9 Å². The largest absolute Gasteiger partial charge is 0.332 e. The molecule has 1 N–H and O–H groups in total. The van der Waals surface area contributed by atoms with E-state index >= 15 is 0 Å². The van der Waals surface area contributed by atoms with Crippen molar-refractivity contribution in [2.45, 2.75) is 32.9 Å². The number of fused-ring (bicyclic) bond motifs is 1. The van der Waals surface area contributed by atoms with E-state index in [1.807, 2.05) is 42.3 Å². The molecule has 2 unspecified atom stereocenters. The van der Waals surface area contributed by atoms with Crippen LogP contribution in [0.3, 0.4) is 0 Å². The molecule has 1 amide bonds. The molecular weight excluding hydrogens is 328 g/mol. The molecule has 0 saturated carbocycles. The summed E-state index contributed by atoms with van der Waals surface area (Å²) in [5, 5.41) is 13.9. The van der Waals surface area contributed by atoms with Gasteiger partial charge in [-0.25, -0.2) is 4.68 Å². The number of hydrogen-bond donors (Lipinski definition) is 1. The quantitative estimate of drug-likeness (QED) is 0.764. The maximum absolute atomic E-state index is 13.1. The third-order valence-corrected chi connectivity index (χ3v) is 5.28. The van der Waals surface area contributed by atoms with Gasteiger partial charge in [-0.05, 0) is 32.9 Å². The zero-order valence-electron chi connectivity index (χ0n) is 15.2. The van der Waals surface area contributed by atoms with Crippen LogP contribution in [-0.2, 0) is 0 Å². The van der Waals surface area contributed by atoms with Crippen LogP contribution < -0.4 is 5.32 Å². The summed E-state index contributed by atoms with van der Waals surface area (Å²) in [6.45, 7) is 7.52. The first-order valence-corrected chi connectivity index (χ1v) is 8.87. The molecule has 0 radical (unpaired) electrons. The van der Waals surface area contributed by atoms with Crippen LogP contribution in [-0.4, -0.2) is 56.0 Å². The van der Waals surface area contributed by atoms with Gasteiger partial charge in [0.05, 0.1) is 11.4 Å². The van der Waals surface area contributed by atoms with Gasteiger partial charge in [-0.3, -0.25) is 9.78 Å². The normalized spacial score (nSPS) is 20.5. The van der Waals surface area contributed by atoms with Crippen LogP contribution in [0, 0.1) is 6.92 Å². The van der Waals surface area contributed by atoms with Crippen LogP contribution in [0.4, 0.5) is 0 Å². The molecule has 4 rings (SSSR count). The highest BCUT2D eigenvalue weighted by molar-refractivity contribution is 5.94. The van der Waals surface area contributed by atoms with Gasteiger partial charge in [0.2, 0.25) is 0 Å². The first-order chi connectivity index (χ1) is 12.6. The van der Waals surface area contributed by atoms with Gasteiger partial charge in [0.15, 0.2) is 5.69 Å². The fourth-order valence-electron chi connectivity index (χ4n) is 3.53. The van der Waals surface area contributed by atoms with Gasteiger partial charge in [0, 0.05) is 48.3 Å². The van der Waals surface area contributed by atoms with E-state index in [2.05, 4.69) is 34.5 Å². The molecule has 0 spiro atoms. The zero-order valence-corrected chi connectivity index (χ0v) is 15.2. The van der Waals surface area contributed by atoms with Crippen molar-refractivity contribution in [3.05, 3.63) is 48.0 Å². The standard InChI is InChI=1S/C19H22N6O/c1-12-13(2)24(10-9-21-12)19(26)18-14(3)25(23-22-18)17-6-4-5-15-11-20-8-7-16(15)17/h4-8,11-13,21H,9-10H2,1-3H3. The van der Waals surface area contributed by atoms with E-state index in [1.54, 1.807) is 10.9 Å². The molecule has 7 heteroatoms. The number of carbonyl (C=O) groups is 1. The minimum absolute atomic E-state index is 0.0588. The molecule has 1 fully saturated rings. The summed E-state index contributed by atoms with van der Waals surface area (Å²) in [5.41, 5.74) is 2.06. The first kappa shape index (κ1) is 16.7. The van der Waals surface area contributed by atoms with E-state index in [4.69, 9.17) is 0 Å². The number of nitrogens with one attached hydrogen (secondary N) is 1. The molecule has 3 heterocycles. The lowest BCUT2D eigenvalue weighted by molar-refractivity contribution is 0.0596. The van der Waals surface area contributed by atoms with Crippen LogP contribution >= 0.6 is 0 Å². The average Bonchev–Trinajstić information content (AvgIpc) is 3.04. The van der Waals surface area contributed by atoms with Crippen molar-refractivity contribution in [3.63, 3.8) is 0 Å². The fraction of sp³-hybridized carbons (Fsp3) is 0.368. The maximum atomic E-state index is 13.1. The summed E-state index contributed by atoms with van der Waals surface area (Å²) in [5.74, 6) is -0.0588. The van der Waals surface area contributed by atoms with Gasteiger partial charge >= 0.3 is 0 Å². The lowest BCUT2D eigenvalue weighted by Crippen LogP contribution is -2.57. The molecule has 7 nitrogen and oxygen atoms in total. The highest BCUT2D eigenvalue weighted by Gasteiger charge is 2.31. The number of benzene rings is 1. The molecule has 3 aromatic rings. The Balaban J connectivity index is 1.73. The van der Waals surface area contributed by atoms with Gasteiger partial charge in [0.1, 0.15) is 0 Å². The van der Waals surface area contributed by atoms with E-state index in [9.17, 15) is 4.79 Å². The summed E-state index contributed by atoms with van der Waals surface area (Å²) >= 11 is 0. The Morgan fingerprint density at radius 1 is 1.27 bits per heavy atom. The number of carbonyl (C=O) groups excluding carboxylic acids is 1. The van der Waals surface area contributed by atoms with Crippen LogP contribution in [0.25, 0.3) is 16.5 Å². The van der Waals surface area contributed by atoms with Gasteiger partial charge in [0.25, 0.3) is 5.91 Å². The summed E-state index contributed by atoms with van der Waals surface area (Å²) in [6.07, 6.45) is 3.58. The molecule has 2 aromatic heterocycles. The molecular formula is C19H22N6O. The van der Waals surface area contributed by atoms with Crippen LogP contribution in [0.5, 0.6) is 0 Å². The second kappa shape index (κ2) is 6.49. The van der Waals surface area contributed by atoms with Gasteiger partial charge in [-0.2, -0.15) is 0 Å². The lowest BCUT2D eigenvalue weighted by Gasteiger charge is -2.38. The van der Waals surface area contributed by atoms with Gasteiger partial charge < -0.3 is 10.2 Å². The number of hydrogen-bond acceptors (Lipinski definition) is 5. The Morgan fingerprint density at radius 3 is 2.96 bits per heavy atom. The van der Waals surface area contributed by atoms with Gasteiger partial charge in [-0.1, -0.05) is 17.3 Å². The molecule has 2 atom stereocenters. The molecule has 0 aliphatic carbocycles. The third kappa shape index (κ3) is 2.64. The van der Waals surface area contributed by atoms with Crippen molar-refractivity contribution < 1.29 is 4.79 Å². The van der Waals surface area contributed by atoms with E-state index < -0.39 is 0 Å². The minimum atomic E-state index is -0.0588. The second-order valence-corrected chi connectivity index (χ2v) is 6.79. The Hall–Kier alpha value is -2.80. The van der Waals surface area contributed by atoms with Crippen molar-refractivity contribution >= 4 is 16.7 Å². The van der Waals surface area contributed by atoms with Crippen LogP contribution in [0.2, 0.25) is 0 Å². The lowest BCUT2D eigenvalue weighted by atomic mass is 10.1. The average molecular weight is 350 g/mol. The minimum Gasteiger partial charge on any atom is -0.332 e. The number of piperazine rings is 1. The number of pyridine rings is 1. The Labute approximate surface area is 152 Å². The zero-order chi connectivity index (χ0) is 18.3. The molecule has 1 saturated heterocycles. The van der Waals surface area contributed by atoms with E-state index in [0.29, 0.717) is 12.2 Å². The molecule has 0 bridgehead atoms. The number of rotatable bonds is 2. The number of nitrogens with zero attached hydrogens (tertiary/aromatic N) is 5. The van der Waals surface area contributed by atoms with Gasteiger partial charge in [-0.15, -0.1) is 5.10 Å². The predicted octanol–water partition coefficient (Wildman–Crippen LogP) is 1.95. The Kier molecular flexibility index (Phi) is 4.16. The molecule has 1 aliphatic rings. The molecule has 26 heavy (non-hydrogen) atoms. The highest BCUT2D eigenvalue weighted by atomic mass is 16.2. The highest BCUT2D eigenvalue weighted by Crippen LogP contribution is 2.23. The second-order valence-electron chi connectivity index (χ2n) is 6.79. The van der Waals surface area contributed by atoms with Crippen LogP contribution in [0.1, 0.15) is 30.0 Å². The molecule has 1 aliphatic heterocycles. The smallest absolute Gasteiger partial charge is 0.276 e.